The van der Waals surface area contributed by atoms with Gasteiger partial charge in [0.15, 0.2) is 0 Å². The Morgan fingerprint density at radius 3 is 2.00 bits per heavy atom. The smallest absolute Gasteiger partial charge is 0.139 e. The maximum Gasteiger partial charge on any atom is 0.139 e. The van der Waals surface area contributed by atoms with Gasteiger partial charge in [0, 0.05) is 0 Å². The van der Waals surface area contributed by atoms with Crippen LogP contribution >= 0.6 is 0 Å². The van der Waals surface area contributed by atoms with Gasteiger partial charge in [0.1, 0.15) is 30.2 Å². The Bertz CT molecular complexity index is 482. The molecule has 0 saturated carbocycles. The SMILES string of the molecule is CC(C)c1ccc(C=C(O)C(O)C(O)C(O)C(O)CO)cc1. The van der Waals surface area contributed by atoms with E-state index in [-0.39, 0.29) is 0 Å². The van der Waals surface area contributed by atoms with Crippen LogP contribution in [0.1, 0.15) is 30.9 Å². The van der Waals surface area contributed by atoms with Crippen molar-refractivity contribution in [2.75, 3.05) is 6.61 Å². The summed E-state index contributed by atoms with van der Waals surface area (Å²) >= 11 is 0. The predicted octanol–water partition coefficient (Wildman–Crippen LogP) is 0.145. The Hall–Kier alpha value is -1.44. The Kier molecular flexibility index (Phi) is 6.99. The number of benzene rings is 1. The molecular weight excluding hydrogens is 288 g/mol. The molecule has 0 aliphatic rings. The van der Waals surface area contributed by atoms with E-state index in [0.717, 1.165) is 5.56 Å². The van der Waals surface area contributed by atoms with E-state index < -0.39 is 36.8 Å². The number of hydrogen-bond acceptors (Lipinski definition) is 6. The monoisotopic (exact) mass is 312 g/mol. The molecule has 124 valence electrons. The Labute approximate surface area is 129 Å². The third kappa shape index (κ3) is 4.79. The first kappa shape index (κ1) is 18.6. The highest BCUT2D eigenvalue weighted by Gasteiger charge is 2.32. The average molecular weight is 312 g/mol. The van der Waals surface area contributed by atoms with E-state index in [0.29, 0.717) is 11.5 Å². The van der Waals surface area contributed by atoms with Crippen LogP contribution in [0.3, 0.4) is 0 Å². The van der Waals surface area contributed by atoms with Crippen LogP contribution in [0.15, 0.2) is 30.0 Å². The van der Waals surface area contributed by atoms with Gasteiger partial charge >= 0.3 is 0 Å². The molecule has 6 heteroatoms. The molecule has 0 spiro atoms. The zero-order valence-electron chi connectivity index (χ0n) is 12.7. The van der Waals surface area contributed by atoms with E-state index in [4.69, 9.17) is 5.11 Å². The summed E-state index contributed by atoms with van der Waals surface area (Å²) in [5, 5.41) is 56.7. The zero-order chi connectivity index (χ0) is 16.9. The number of aliphatic hydroxyl groups excluding tert-OH is 6. The second-order valence-electron chi connectivity index (χ2n) is 5.57. The van der Waals surface area contributed by atoms with Crippen LogP contribution in [0.4, 0.5) is 0 Å². The molecule has 4 unspecified atom stereocenters. The highest BCUT2D eigenvalue weighted by Crippen LogP contribution is 2.18. The van der Waals surface area contributed by atoms with Gasteiger partial charge in [-0.3, -0.25) is 0 Å². The summed E-state index contributed by atoms with van der Waals surface area (Å²) < 4.78 is 0. The van der Waals surface area contributed by atoms with E-state index in [1.165, 1.54) is 6.08 Å². The first-order valence-electron chi connectivity index (χ1n) is 7.11. The lowest BCUT2D eigenvalue weighted by Crippen LogP contribution is -2.46. The molecule has 0 amide bonds. The van der Waals surface area contributed by atoms with E-state index in [1.54, 1.807) is 12.1 Å². The van der Waals surface area contributed by atoms with Crippen LogP contribution in [-0.2, 0) is 0 Å². The molecule has 0 fully saturated rings. The fraction of sp³-hybridized carbons (Fsp3) is 0.500. The van der Waals surface area contributed by atoms with Crippen molar-refractivity contribution in [2.24, 2.45) is 0 Å². The minimum absolute atomic E-state index is 0.370. The van der Waals surface area contributed by atoms with E-state index in [9.17, 15) is 25.5 Å². The summed E-state index contributed by atoms with van der Waals surface area (Å²) in [4.78, 5) is 0. The van der Waals surface area contributed by atoms with Gasteiger partial charge in [-0.2, -0.15) is 0 Å². The normalized spacial score (nSPS) is 18.1. The van der Waals surface area contributed by atoms with E-state index in [2.05, 4.69) is 13.8 Å². The fourth-order valence-corrected chi connectivity index (χ4v) is 1.93. The lowest BCUT2D eigenvalue weighted by molar-refractivity contribution is -0.112. The highest BCUT2D eigenvalue weighted by molar-refractivity contribution is 5.52. The third-order valence-electron chi connectivity index (χ3n) is 3.48. The summed E-state index contributed by atoms with van der Waals surface area (Å²) in [5.74, 6) is -0.178. The molecule has 1 aromatic rings. The van der Waals surface area contributed by atoms with Crippen molar-refractivity contribution in [1.29, 1.82) is 0 Å². The fourth-order valence-electron chi connectivity index (χ4n) is 1.93. The van der Waals surface area contributed by atoms with Gasteiger partial charge < -0.3 is 30.6 Å². The Morgan fingerprint density at radius 2 is 1.55 bits per heavy atom. The molecule has 4 atom stereocenters. The van der Waals surface area contributed by atoms with Crippen LogP contribution in [0.5, 0.6) is 0 Å². The van der Waals surface area contributed by atoms with Crippen LogP contribution in [-0.4, -0.2) is 61.7 Å². The van der Waals surface area contributed by atoms with Crippen LogP contribution in [0.2, 0.25) is 0 Å². The summed E-state index contributed by atoms with van der Waals surface area (Å²) in [6, 6.07) is 7.28. The van der Waals surface area contributed by atoms with Crippen LogP contribution < -0.4 is 0 Å². The molecule has 6 nitrogen and oxygen atoms in total. The van der Waals surface area contributed by atoms with E-state index >= 15 is 0 Å². The number of rotatable bonds is 7. The second kappa shape index (κ2) is 8.26. The lowest BCUT2D eigenvalue weighted by atomic mass is 9.99. The highest BCUT2D eigenvalue weighted by atomic mass is 16.4. The lowest BCUT2D eigenvalue weighted by Gasteiger charge is -2.25. The summed E-state index contributed by atoms with van der Waals surface area (Å²) in [6.45, 7) is 3.33. The summed E-state index contributed by atoms with van der Waals surface area (Å²) in [6.07, 6.45) is -5.73. The molecule has 0 saturated heterocycles. The molecular formula is C16H24O6. The number of aliphatic hydroxyl groups is 6. The molecule has 0 radical (unpaired) electrons. The predicted molar refractivity (Wildman–Crippen MR) is 82.2 cm³/mol. The van der Waals surface area contributed by atoms with Gasteiger partial charge in [-0.25, -0.2) is 0 Å². The minimum Gasteiger partial charge on any atom is -0.509 e. The molecule has 1 rings (SSSR count). The van der Waals surface area contributed by atoms with Crippen molar-refractivity contribution in [2.45, 2.75) is 44.2 Å². The van der Waals surface area contributed by atoms with Crippen molar-refractivity contribution in [1.82, 2.24) is 0 Å². The van der Waals surface area contributed by atoms with Gasteiger partial charge in [-0.15, -0.1) is 0 Å². The molecule has 0 aliphatic heterocycles. The van der Waals surface area contributed by atoms with Crippen molar-refractivity contribution < 1.29 is 30.6 Å². The Morgan fingerprint density at radius 1 is 1.00 bits per heavy atom. The molecule has 22 heavy (non-hydrogen) atoms. The zero-order valence-corrected chi connectivity index (χ0v) is 12.7. The van der Waals surface area contributed by atoms with Gasteiger partial charge in [0.2, 0.25) is 0 Å². The largest absolute Gasteiger partial charge is 0.509 e. The molecule has 0 bridgehead atoms. The van der Waals surface area contributed by atoms with Crippen molar-refractivity contribution >= 4 is 6.08 Å². The Balaban J connectivity index is 2.82. The van der Waals surface area contributed by atoms with Crippen LogP contribution in [0.25, 0.3) is 6.08 Å². The molecule has 0 aliphatic carbocycles. The number of hydrogen-bond donors (Lipinski definition) is 6. The van der Waals surface area contributed by atoms with Gasteiger partial charge in [-0.1, -0.05) is 38.1 Å². The van der Waals surface area contributed by atoms with Crippen LogP contribution in [0, 0.1) is 0 Å². The van der Waals surface area contributed by atoms with Gasteiger partial charge in [-0.05, 0) is 23.1 Å². The minimum atomic E-state index is -1.83. The maximum atomic E-state index is 9.82. The standard InChI is InChI=1S/C16H24O6/c1-9(2)11-5-3-10(4-6-11)7-12(18)14(20)16(22)15(21)13(19)8-17/h3-7,9,13-22H,8H2,1-2H3. The quantitative estimate of drug-likeness (QED) is 0.398. The summed E-state index contributed by atoms with van der Waals surface area (Å²) in [5.41, 5.74) is 1.74. The topological polar surface area (TPSA) is 121 Å². The molecule has 0 aromatic heterocycles. The first-order chi connectivity index (χ1) is 10.3. The van der Waals surface area contributed by atoms with E-state index in [1.807, 2.05) is 12.1 Å². The van der Waals surface area contributed by atoms with Crippen molar-refractivity contribution in [3.63, 3.8) is 0 Å². The third-order valence-corrected chi connectivity index (χ3v) is 3.48. The molecule has 1 aromatic carbocycles. The second-order valence-corrected chi connectivity index (χ2v) is 5.57. The van der Waals surface area contributed by atoms with Crippen molar-refractivity contribution in [3.05, 3.63) is 41.2 Å². The first-order valence-corrected chi connectivity index (χ1v) is 7.11. The van der Waals surface area contributed by atoms with Gasteiger partial charge in [0.05, 0.1) is 6.61 Å². The maximum absolute atomic E-state index is 9.82. The van der Waals surface area contributed by atoms with Gasteiger partial charge in [0.25, 0.3) is 0 Å². The summed E-state index contributed by atoms with van der Waals surface area (Å²) in [7, 11) is 0. The molecule has 0 heterocycles. The average Bonchev–Trinajstić information content (AvgIpc) is 2.52. The van der Waals surface area contributed by atoms with Crippen molar-refractivity contribution in [3.8, 4) is 0 Å². The molecule has 6 N–H and O–H groups in total.